The number of hydrogen-bond donors (Lipinski definition) is 3. The van der Waals surface area contributed by atoms with Gasteiger partial charge >= 0.3 is 5.97 Å². The number of aliphatic hydroxyl groups is 1. The highest BCUT2D eigenvalue weighted by molar-refractivity contribution is 6.44. The first-order chi connectivity index (χ1) is 9.81. The number of benzene rings is 1. The molecule has 0 unspecified atom stereocenters. The highest BCUT2D eigenvalue weighted by Gasteiger charge is 2.35. The van der Waals surface area contributed by atoms with E-state index in [0.29, 0.717) is 46.4 Å². The van der Waals surface area contributed by atoms with E-state index in [2.05, 4.69) is 5.32 Å². The van der Waals surface area contributed by atoms with Crippen LogP contribution in [0.15, 0.2) is 12.1 Å². The van der Waals surface area contributed by atoms with Gasteiger partial charge in [0.15, 0.2) is 0 Å². The highest BCUT2D eigenvalue weighted by atomic mass is 35.5. The first-order valence-electron chi connectivity index (χ1n) is 6.64. The Balaban J connectivity index is 1.97. The van der Waals surface area contributed by atoms with Crippen LogP contribution in [-0.2, 0) is 4.79 Å². The molecule has 116 valence electrons. The molecule has 0 aliphatic heterocycles. The van der Waals surface area contributed by atoms with Crippen LogP contribution in [0.2, 0.25) is 15.1 Å². The monoisotopic (exact) mass is 351 g/mol. The van der Waals surface area contributed by atoms with Crippen molar-refractivity contribution in [1.29, 1.82) is 0 Å². The molecule has 0 spiro atoms. The molecule has 1 aromatic carbocycles. The summed E-state index contributed by atoms with van der Waals surface area (Å²) in [6.07, 6.45) is 1.83. The molecule has 21 heavy (non-hydrogen) atoms. The van der Waals surface area contributed by atoms with Gasteiger partial charge in [-0.15, -0.1) is 0 Å². The summed E-state index contributed by atoms with van der Waals surface area (Å²) in [7, 11) is 0. The van der Waals surface area contributed by atoms with Gasteiger partial charge in [-0.25, -0.2) is 0 Å². The molecule has 1 aliphatic carbocycles. The number of rotatable bonds is 4. The van der Waals surface area contributed by atoms with Crippen LogP contribution in [0, 0.1) is 5.92 Å². The molecule has 0 aromatic heterocycles. The summed E-state index contributed by atoms with van der Waals surface area (Å²) in [5, 5.41) is 23.7. The van der Waals surface area contributed by atoms with E-state index in [4.69, 9.17) is 39.9 Å². The molecule has 0 bridgehead atoms. The fourth-order valence-electron chi connectivity index (χ4n) is 2.50. The molecule has 3 N–H and O–H groups in total. The number of halogens is 3. The van der Waals surface area contributed by atoms with Gasteiger partial charge in [0, 0.05) is 6.54 Å². The van der Waals surface area contributed by atoms with E-state index in [9.17, 15) is 9.90 Å². The van der Waals surface area contributed by atoms with Gasteiger partial charge in [0.05, 0.1) is 32.3 Å². The third-order valence-corrected chi connectivity index (χ3v) is 4.92. The number of nitrogens with one attached hydrogen (secondary N) is 1. The van der Waals surface area contributed by atoms with Crippen molar-refractivity contribution in [3.63, 3.8) is 0 Å². The van der Waals surface area contributed by atoms with Gasteiger partial charge in [0.25, 0.3) is 0 Å². The van der Waals surface area contributed by atoms with Crippen molar-refractivity contribution >= 4 is 46.5 Å². The van der Waals surface area contributed by atoms with Crippen molar-refractivity contribution < 1.29 is 15.0 Å². The quantitative estimate of drug-likeness (QED) is 0.715. The molecule has 7 heteroatoms. The Labute approximate surface area is 138 Å². The summed E-state index contributed by atoms with van der Waals surface area (Å²) in [5.41, 5.74) is -0.332. The van der Waals surface area contributed by atoms with Gasteiger partial charge in [-0.05, 0) is 37.8 Å². The zero-order chi connectivity index (χ0) is 15.6. The Kier molecular flexibility index (Phi) is 5.25. The molecule has 0 heterocycles. The van der Waals surface area contributed by atoms with E-state index in [-0.39, 0.29) is 12.5 Å². The highest BCUT2D eigenvalue weighted by Crippen LogP contribution is 2.35. The number of carbonyl (C=O) groups is 1. The lowest BCUT2D eigenvalue weighted by atomic mass is 9.79. The van der Waals surface area contributed by atoms with Crippen molar-refractivity contribution in [1.82, 2.24) is 0 Å². The lowest BCUT2D eigenvalue weighted by Gasteiger charge is -2.35. The summed E-state index contributed by atoms with van der Waals surface area (Å²) < 4.78 is 0. The van der Waals surface area contributed by atoms with Crippen LogP contribution in [0.25, 0.3) is 0 Å². The molecule has 1 saturated carbocycles. The van der Waals surface area contributed by atoms with Crippen LogP contribution in [0.3, 0.4) is 0 Å². The third-order valence-electron chi connectivity index (χ3n) is 3.88. The van der Waals surface area contributed by atoms with Gasteiger partial charge < -0.3 is 15.5 Å². The molecule has 0 saturated heterocycles. The predicted octanol–water partition coefficient (Wildman–Crippen LogP) is 4.06. The Morgan fingerprint density at radius 1 is 1.19 bits per heavy atom. The van der Waals surface area contributed by atoms with Gasteiger partial charge in [-0.1, -0.05) is 34.8 Å². The number of hydrogen-bond acceptors (Lipinski definition) is 3. The Bertz CT molecular complexity index is 543. The first kappa shape index (κ1) is 16.7. The molecule has 1 fully saturated rings. The van der Waals surface area contributed by atoms with Crippen molar-refractivity contribution in [2.24, 2.45) is 5.92 Å². The molecule has 4 nitrogen and oxygen atoms in total. The normalized spacial score (nSPS) is 25.6. The maximum absolute atomic E-state index is 10.9. The smallest absolute Gasteiger partial charge is 0.306 e. The van der Waals surface area contributed by atoms with Crippen molar-refractivity contribution in [2.45, 2.75) is 31.3 Å². The Hall–Kier alpha value is -0.680. The second kappa shape index (κ2) is 6.61. The molecule has 0 radical (unpaired) electrons. The van der Waals surface area contributed by atoms with Crippen LogP contribution >= 0.6 is 34.8 Å². The molecule has 1 aromatic rings. The lowest BCUT2D eigenvalue weighted by molar-refractivity contribution is -0.144. The van der Waals surface area contributed by atoms with E-state index in [1.807, 2.05) is 0 Å². The van der Waals surface area contributed by atoms with Gasteiger partial charge in [0.1, 0.15) is 0 Å². The van der Waals surface area contributed by atoms with E-state index >= 15 is 0 Å². The van der Waals surface area contributed by atoms with Crippen LogP contribution in [0.5, 0.6) is 0 Å². The summed E-state index contributed by atoms with van der Waals surface area (Å²) in [6, 6.07) is 3.15. The van der Waals surface area contributed by atoms with Crippen LogP contribution in [-0.4, -0.2) is 28.3 Å². The van der Waals surface area contributed by atoms with Crippen molar-refractivity contribution in [2.75, 3.05) is 11.9 Å². The summed E-state index contributed by atoms with van der Waals surface area (Å²) >= 11 is 17.9. The molecular formula is C14H16Cl3NO3. The average molecular weight is 353 g/mol. The van der Waals surface area contributed by atoms with Gasteiger partial charge in [0.2, 0.25) is 0 Å². The maximum Gasteiger partial charge on any atom is 0.306 e. The minimum Gasteiger partial charge on any atom is -0.481 e. The second-order valence-corrected chi connectivity index (χ2v) is 6.66. The first-order valence-corrected chi connectivity index (χ1v) is 7.78. The zero-order valence-electron chi connectivity index (χ0n) is 11.2. The summed E-state index contributed by atoms with van der Waals surface area (Å²) in [4.78, 5) is 10.9. The Morgan fingerprint density at radius 2 is 1.76 bits per heavy atom. The number of anilines is 1. The SMILES string of the molecule is O=C(O)C1CCC(O)(CNc2cc(Cl)c(Cl)cc2Cl)CC1. The largest absolute Gasteiger partial charge is 0.481 e. The standard InChI is InChI=1S/C14H16Cl3NO3/c15-9-5-11(17)12(6-10(9)16)18-7-14(21)3-1-8(2-4-14)13(19)20/h5-6,8,18,21H,1-4,7H2,(H,19,20). The van der Waals surface area contributed by atoms with Crippen molar-refractivity contribution in [3.8, 4) is 0 Å². The zero-order valence-corrected chi connectivity index (χ0v) is 13.5. The number of aliphatic carboxylic acids is 1. The van der Waals surface area contributed by atoms with E-state index in [1.54, 1.807) is 12.1 Å². The summed E-state index contributed by atoms with van der Waals surface area (Å²) in [6.45, 7) is 0.289. The van der Waals surface area contributed by atoms with Crippen LogP contribution in [0.4, 0.5) is 5.69 Å². The lowest BCUT2D eigenvalue weighted by Crippen LogP contribution is -2.41. The van der Waals surface area contributed by atoms with Crippen molar-refractivity contribution in [3.05, 3.63) is 27.2 Å². The molecule has 1 aliphatic rings. The molecular weight excluding hydrogens is 337 g/mol. The maximum atomic E-state index is 10.9. The second-order valence-electron chi connectivity index (χ2n) is 5.44. The van der Waals surface area contributed by atoms with Crippen LogP contribution < -0.4 is 5.32 Å². The van der Waals surface area contributed by atoms with Gasteiger partial charge in [-0.2, -0.15) is 0 Å². The molecule has 0 atom stereocenters. The fourth-order valence-corrected chi connectivity index (χ4v) is 3.11. The minimum atomic E-state index is -0.929. The average Bonchev–Trinajstić information content (AvgIpc) is 2.42. The van der Waals surface area contributed by atoms with E-state index < -0.39 is 11.6 Å². The van der Waals surface area contributed by atoms with Crippen LogP contribution in [0.1, 0.15) is 25.7 Å². The fraction of sp³-hybridized carbons (Fsp3) is 0.500. The summed E-state index contributed by atoms with van der Waals surface area (Å²) in [5.74, 6) is -1.16. The number of carboxylic acid groups (broad SMARTS) is 1. The van der Waals surface area contributed by atoms with E-state index in [0.717, 1.165) is 0 Å². The minimum absolute atomic E-state index is 0.289. The molecule has 0 amide bonds. The molecule has 2 rings (SSSR count). The van der Waals surface area contributed by atoms with Gasteiger partial charge in [-0.3, -0.25) is 4.79 Å². The third kappa shape index (κ3) is 4.16. The Morgan fingerprint density at radius 3 is 2.33 bits per heavy atom. The predicted molar refractivity (Wildman–Crippen MR) is 84.5 cm³/mol. The van der Waals surface area contributed by atoms with E-state index in [1.165, 1.54) is 0 Å². The topological polar surface area (TPSA) is 69.6 Å². The number of carboxylic acids is 1.